The summed E-state index contributed by atoms with van der Waals surface area (Å²) in [6, 6.07) is 0. The Morgan fingerprint density at radius 3 is 2.53 bits per heavy atom. The molecule has 0 unspecified atom stereocenters. The van der Waals surface area contributed by atoms with Crippen LogP contribution in [0.3, 0.4) is 0 Å². The molecule has 0 atom stereocenters. The number of hydrogen-bond donors (Lipinski definition) is 1. The Morgan fingerprint density at radius 1 is 1.40 bits per heavy atom. The number of likely N-dealkylation sites (N-methyl/N-ethyl adjacent to an activating group) is 1. The highest BCUT2D eigenvalue weighted by Crippen LogP contribution is 2.18. The van der Waals surface area contributed by atoms with Crippen LogP contribution in [0.1, 0.15) is 32.5 Å². The van der Waals surface area contributed by atoms with E-state index in [4.69, 9.17) is 10.3 Å². The smallest absolute Gasteiger partial charge is 0.240 e. The van der Waals surface area contributed by atoms with E-state index in [1.807, 2.05) is 7.05 Å². The van der Waals surface area contributed by atoms with Crippen molar-refractivity contribution in [2.45, 2.75) is 32.7 Å². The molecule has 1 aromatic rings. The number of aromatic nitrogens is 2. The maximum Gasteiger partial charge on any atom is 0.240 e. The second-order valence-electron chi connectivity index (χ2n) is 4.79. The van der Waals surface area contributed by atoms with Gasteiger partial charge < -0.3 is 10.3 Å². The predicted octanol–water partition coefficient (Wildman–Crippen LogP) is 0.758. The molecule has 0 aliphatic carbocycles. The Kier molecular flexibility index (Phi) is 3.82. The fourth-order valence-electron chi connectivity index (χ4n) is 1.15. The summed E-state index contributed by atoms with van der Waals surface area (Å²) in [5.74, 6) is 1.40. The summed E-state index contributed by atoms with van der Waals surface area (Å²) >= 11 is 0. The maximum atomic E-state index is 5.45. The molecular weight excluding hydrogens is 192 g/mol. The van der Waals surface area contributed by atoms with E-state index in [0.717, 1.165) is 12.4 Å². The third kappa shape index (κ3) is 3.60. The first-order chi connectivity index (χ1) is 6.93. The highest BCUT2D eigenvalue weighted by atomic mass is 16.5. The molecule has 0 radical (unpaired) electrons. The van der Waals surface area contributed by atoms with Gasteiger partial charge in [-0.3, -0.25) is 4.90 Å². The largest absolute Gasteiger partial charge is 0.338 e. The minimum atomic E-state index is -0.0613. The summed E-state index contributed by atoms with van der Waals surface area (Å²) in [6.45, 7) is 8.30. The predicted molar refractivity (Wildman–Crippen MR) is 58.4 cm³/mol. The van der Waals surface area contributed by atoms with E-state index < -0.39 is 0 Å². The third-order valence-electron chi connectivity index (χ3n) is 2.05. The lowest BCUT2D eigenvalue weighted by Crippen LogP contribution is -2.25. The molecule has 15 heavy (non-hydrogen) atoms. The van der Waals surface area contributed by atoms with E-state index >= 15 is 0 Å². The van der Waals surface area contributed by atoms with Gasteiger partial charge in [-0.15, -0.1) is 0 Å². The van der Waals surface area contributed by atoms with Gasteiger partial charge in [-0.05, 0) is 7.05 Å². The molecule has 0 bridgehead atoms. The van der Waals surface area contributed by atoms with Crippen LogP contribution in [0.15, 0.2) is 4.52 Å². The quantitative estimate of drug-likeness (QED) is 0.798. The minimum absolute atomic E-state index is 0.0613. The van der Waals surface area contributed by atoms with Crippen LogP contribution >= 0.6 is 0 Å². The fraction of sp³-hybridized carbons (Fsp3) is 0.800. The molecule has 1 rings (SSSR count). The zero-order chi connectivity index (χ0) is 11.5. The van der Waals surface area contributed by atoms with E-state index in [-0.39, 0.29) is 5.41 Å². The van der Waals surface area contributed by atoms with Gasteiger partial charge in [0.25, 0.3) is 0 Å². The Bertz CT molecular complexity index is 303. The van der Waals surface area contributed by atoms with Gasteiger partial charge in [-0.1, -0.05) is 25.9 Å². The molecule has 0 amide bonds. The zero-order valence-corrected chi connectivity index (χ0v) is 9.95. The van der Waals surface area contributed by atoms with Crippen molar-refractivity contribution in [3.05, 3.63) is 11.7 Å². The summed E-state index contributed by atoms with van der Waals surface area (Å²) < 4.78 is 5.16. The van der Waals surface area contributed by atoms with Crippen LogP contribution in [-0.2, 0) is 12.0 Å². The summed E-state index contributed by atoms with van der Waals surface area (Å²) in [6.07, 6.45) is 0. The monoisotopic (exact) mass is 212 g/mol. The number of hydrogen-bond acceptors (Lipinski definition) is 5. The van der Waals surface area contributed by atoms with Crippen molar-refractivity contribution in [3.8, 4) is 0 Å². The maximum absolute atomic E-state index is 5.45. The molecule has 86 valence electrons. The second kappa shape index (κ2) is 4.72. The van der Waals surface area contributed by atoms with Crippen molar-refractivity contribution < 1.29 is 4.52 Å². The van der Waals surface area contributed by atoms with Gasteiger partial charge in [-0.25, -0.2) is 0 Å². The molecule has 5 nitrogen and oxygen atoms in total. The lowest BCUT2D eigenvalue weighted by Gasteiger charge is -2.12. The molecule has 0 spiro atoms. The van der Waals surface area contributed by atoms with E-state index in [2.05, 4.69) is 35.8 Å². The summed E-state index contributed by atoms with van der Waals surface area (Å²) in [7, 11) is 1.98. The first-order valence-electron chi connectivity index (χ1n) is 5.15. The van der Waals surface area contributed by atoms with Crippen LogP contribution in [0.4, 0.5) is 0 Å². The van der Waals surface area contributed by atoms with Crippen LogP contribution in [0, 0.1) is 0 Å². The van der Waals surface area contributed by atoms with Gasteiger partial charge in [0.15, 0.2) is 5.82 Å². The van der Waals surface area contributed by atoms with Crippen LogP contribution in [-0.4, -0.2) is 35.2 Å². The van der Waals surface area contributed by atoms with E-state index in [1.54, 1.807) is 0 Å². The molecule has 0 aliphatic heterocycles. The van der Waals surface area contributed by atoms with Crippen LogP contribution in [0.2, 0.25) is 0 Å². The number of nitrogens with zero attached hydrogens (tertiary/aromatic N) is 3. The second-order valence-corrected chi connectivity index (χ2v) is 4.79. The standard InChI is InChI=1S/C10H20N4O/c1-10(2,3)9-12-8(15-13-9)7-14(4)6-5-11/h5-7,11H2,1-4H3. The van der Waals surface area contributed by atoms with Gasteiger partial charge in [0.2, 0.25) is 5.89 Å². The topological polar surface area (TPSA) is 68.2 Å². The van der Waals surface area contributed by atoms with Crippen LogP contribution in [0.5, 0.6) is 0 Å². The van der Waals surface area contributed by atoms with Crippen molar-refractivity contribution >= 4 is 0 Å². The number of nitrogens with two attached hydrogens (primary N) is 1. The SMILES string of the molecule is CN(CCN)Cc1nc(C(C)(C)C)no1. The van der Waals surface area contributed by atoms with Gasteiger partial charge in [0, 0.05) is 18.5 Å². The van der Waals surface area contributed by atoms with Gasteiger partial charge >= 0.3 is 0 Å². The Hall–Kier alpha value is -0.940. The third-order valence-corrected chi connectivity index (χ3v) is 2.05. The summed E-state index contributed by atoms with van der Waals surface area (Å²) in [5, 5.41) is 3.96. The van der Waals surface area contributed by atoms with Crippen molar-refractivity contribution in [1.82, 2.24) is 15.0 Å². The molecule has 2 N–H and O–H groups in total. The average Bonchev–Trinajstić information content (AvgIpc) is 2.52. The van der Waals surface area contributed by atoms with Crippen LogP contribution in [0.25, 0.3) is 0 Å². The molecular formula is C10H20N4O. The number of rotatable bonds is 4. The molecule has 0 saturated heterocycles. The zero-order valence-electron chi connectivity index (χ0n) is 9.95. The van der Waals surface area contributed by atoms with E-state index in [0.29, 0.717) is 19.0 Å². The van der Waals surface area contributed by atoms with Gasteiger partial charge in [-0.2, -0.15) is 4.98 Å². The molecule has 0 saturated carbocycles. The van der Waals surface area contributed by atoms with E-state index in [9.17, 15) is 0 Å². The van der Waals surface area contributed by atoms with E-state index in [1.165, 1.54) is 0 Å². The van der Waals surface area contributed by atoms with Crippen molar-refractivity contribution in [3.63, 3.8) is 0 Å². The molecule has 5 heteroatoms. The first-order valence-corrected chi connectivity index (χ1v) is 5.15. The Labute approximate surface area is 90.6 Å². The molecule has 1 aromatic heterocycles. The van der Waals surface area contributed by atoms with Gasteiger partial charge in [0.1, 0.15) is 0 Å². The molecule has 0 fully saturated rings. The van der Waals surface area contributed by atoms with Crippen molar-refractivity contribution in [2.24, 2.45) is 5.73 Å². The normalized spacial score (nSPS) is 12.4. The highest BCUT2D eigenvalue weighted by molar-refractivity contribution is 4.99. The lowest BCUT2D eigenvalue weighted by molar-refractivity contribution is 0.270. The lowest BCUT2D eigenvalue weighted by atomic mass is 9.96. The fourth-order valence-corrected chi connectivity index (χ4v) is 1.15. The minimum Gasteiger partial charge on any atom is -0.338 e. The summed E-state index contributed by atoms with van der Waals surface area (Å²) in [5.41, 5.74) is 5.39. The molecule has 0 aromatic carbocycles. The molecule has 0 aliphatic rings. The van der Waals surface area contributed by atoms with Crippen molar-refractivity contribution in [1.29, 1.82) is 0 Å². The molecule has 1 heterocycles. The summed E-state index contributed by atoms with van der Waals surface area (Å²) in [4.78, 5) is 6.40. The van der Waals surface area contributed by atoms with Crippen molar-refractivity contribution in [2.75, 3.05) is 20.1 Å². The van der Waals surface area contributed by atoms with Gasteiger partial charge in [0.05, 0.1) is 6.54 Å². The Morgan fingerprint density at radius 2 is 2.07 bits per heavy atom. The van der Waals surface area contributed by atoms with Crippen LogP contribution < -0.4 is 5.73 Å². The first kappa shape index (κ1) is 12.1. The highest BCUT2D eigenvalue weighted by Gasteiger charge is 2.21. The Balaban J connectivity index is 2.61. The average molecular weight is 212 g/mol.